The number of hydrogen-bond donors (Lipinski definition) is 2. The minimum absolute atomic E-state index is 0.0760. The van der Waals surface area contributed by atoms with Gasteiger partial charge in [-0.2, -0.15) is 0 Å². The van der Waals surface area contributed by atoms with E-state index in [0.29, 0.717) is 0 Å². The number of aliphatic hydroxyl groups is 1. The van der Waals surface area contributed by atoms with Crippen molar-refractivity contribution in [3.63, 3.8) is 0 Å². The molecule has 0 aromatic heterocycles. The molecular weight excluding hydrogens is 238 g/mol. The summed E-state index contributed by atoms with van der Waals surface area (Å²) in [5.41, 5.74) is 1.27. The van der Waals surface area contributed by atoms with Gasteiger partial charge in [-0.3, -0.25) is 4.79 Å². The van der Waals surface area contributed by atoms with Crippen LogP contribution in [-0.4, -0.2) is 16.6 Å². The van der Waals surface area contributed by atoms with Gasteiger partial charge in [0.15, 0.2) is 0 Å². The van der Waals surface area contributed by atoms with Gasteiger partial charge >= 0.3 is 0 Å². The highest BCUT2D eigenvalue weighted by atomic mass is 16.3. The van der Waals surface area contributed by atoms with Crippen LogP contribution in [-0.2, 0) is 11.2 Å². The van der Waals surface area contributed by atoms with Gasteiger partial charge in [-0.25, -0.2) is 0 Å². The summed E-state index contributed by atoms with van der Waals surface area (Å²) in [7, 11) is 0. The van der Waals surface area contributed by atoms with Gasteiger partial charge in [0.25, 0.3) is 0 Å². The molecule has 0 saturated heterocycles. The third-order valence-electron chi connectivity index (χ3n) is 3.83. The highest BCUT2D eigenvalue weighted by Crippen LogP contribution is 2.32. The van der Waals surface area contributed by atoms with Crippen LogP contribution in [0.2, 0.25) is 0 Å². The first-order valence-corrected chi connectivity index (χ1v) is 7.23. The molecule has 1 saturated carbocycles. The molecule has 2 N–H and O–H groups in total. The normalized spacial score (nSPS) is 17.4. The molecule has 1 aliphatic rings. The average Bonchev–Trinajstić information content (AvgIpc) is 2.78. The zero-order chi connectivity index (χ0) is 13.7. The number of rotatable bonds is 5. The van der Waals surface area contributed by atoms with Gasteiger partial charge in [-0.15, -0.1) is 0 Å². The summed E-state index contributed by atoms with van der Waals surface area (Å²) in [5, 5.41) is 13.2. The Morgan fingerprint density at radius 3 is 2.68 bits per heavy atom. The van der Waals surface area contributed by atoms with Crippen LogP contribution >= 0.6 is 0 Å². The Kier molecular flexibility index (Phi) is 4.59. The van der Waals surface area contributed by atoms with E-state index >= 15 is 0 Å². The first-order valence-electron chi connectivity index (χ1n) is 7.23. The molecule has 0 bridgehead atoms. The van der Waals surface area contributed by atoms with E-state index in [2.05, 4.69) is 12.2 Å². The molecule has 1 aromatic rings. The molecule has 0 unspecified atom stereocenters. The Balaban J connectivity index is 1.98. The molecule has 0 spiro atoms. The van der Waals surface area contributed by atoms with E-state index in [1.165, 1.54) is 0 Å². The van der Waals surface area contributed by atoms with Crippen LogP contribution in [0.4, 0.5) is 5.69 Å². The number of anilines is 1. The topological polar surface area (TPSA) is 49.3 Å². The predicted octanol–water partition coefficient (Wildman–Crippen LogP) is 3.27. The summed E-state index contributed by atoms with van der Waals surface area (Å²) in [6, 6.07) is 7.90. The minimum Gasteiger partial charge on any atom is -0.389 e. The second kappa shape index (κ2) is 6.20. The minimum atomic E-state index is -0.774. The zero-order valence-electron chi connectivity index (χ0n) is 11.6. The Morgan fingerprint density at radius 1 is 1.32 bits per heavy atom. The summed E-state index contributed by atoms with van der Waals surface area (Å²) < 4.78 is 0. The Morgan fingerprint density at radius 2 is 2.00 bits per heavy atom. The molecule has 0 aliphatic heterocycles. The van der Waals surface area contributed by atoms with Crippen LogP contribution < -0.4 is 5.32 Å². The predicted molar refractivity (Wildman–Crippen MR) is 77.1 cm³/mol. The van der Waals surface area contributed by atoms with E-state index in [1.54, 1.807) is 0 Å². The second-order valence-electron chi connectivity index (χ2n) is 5.56. The molecule has 3 nitrogen and oxygen atoms in total. The van der Waals surface area contributed by atoms with Crippen molar-refractivity contribution < 1.29 is 9.90 Å². The lowest BCUT2D eigenvalue weighted by molar-refractivity contribution is -0.120. The van der Waals surface area contributed by atoms with Crippen LogP contribution in [0.1, 0.15) is 51.0 Å². The van der Waals surface area contributed by atoms with Crippen LogP contribution in [0.5, 0.6) is 0 Å². The standard InChI is InChI=1S/C16H23NO2/c1-2-7-13-8-3-4-9-14(13)17-15(18)12-16(19)10-5-6-11-16/h3-4,8-9,19H,2,5-7,10-12H2,1H3,(H,17,18). The second-order valence-corrected chi connectivity index (χ2v) is 5.56. The summed E-state index contributed by atoms with van der Waals surface area (Å²) in [4.78, 5) is 12.1. The van der Waals surface area contributed by atoms with Gasteiger partial charge in [-0.1, -0.05) is 44.4 Å². The molecule has 0 atom stereocenters. The van der Waals surface area contributed by atoms with Crippen LogP contribution in [0.15, 0.2) is 24.3 Å². The first kappa shape index (κ1) is 14.1. The summed E-state index contributed by atoms with van der Waals surface area (Å²) in [6.45, 7) is 2.12. The fourth-order valence-electron chi connectivity index (χ4n) is 2.83. The van der Waals surface area contributed by atoms with Crippen LogP contribution in [0, 0.1) is 0 Å². The maximum absolute atomic E-state index is 12.1. The van der Waals surface area contributed by atoms with Gasteiger partial charge in [-0.05, 0) is 30.9 Å². The van der Waals surface area contributed by atoms with E-state index in [9.17, 15) is 9.90 Å². The molecule has 19 heavy (non-hydrogen) atoms. The van der Waals surface area contributed by atoms with E-state index in [0.717, 1.165) is 49.8 Å². The molecule has 0 radical (unpaired) electrons. The smallest absolute Gasteiger partial charge is 0.227 e. The van der Waals surface area contributed by atoms with Crippen molar-refractivity contribution in [2.24, 2.45) is 0 Å². The lowest BCUT2D eigenvalue weighted by atomic mass is 9.97. The van der Waals surface area contributed by atoms with Gasteiger partial charge in [0, 0.05) is 5.69 Å². The van der Waals surface area contributed by atoms with Crippen molar-refractivity contribution in [1.82, 2.24) is 0 Å². The monoisotopic (exact) mass is 261 g/mol. The van der Waals surface area contributed by atoms with Gasteiger partial charge < -0.3 is 10.4 Å². The number of carbonyl (C=O) groups excluding carboxylic acids is 1. The first-order chi connectivity index (χ1) is 9.13. The zero-order valence-corrected chi connectivity index (χ0v) is 11.6. The van der Waals surface area contributed by atoms with Crippen molar-refractivity contribution in [1.29, 1.82) is 0 Å². The molecular formula is C16H23NO2. The number of aryl methyl sites for hydroxylation is 1. The number of benzene rings is 1. The van der Waals surface area contributed by atoms with E-state index in [4.69, 9.17) is 0 Å². The van der Waals surface area contributed by atoms with Crippen molar-refractivity contribution in [2.45, 2.75) is 57.5 Å². The summed E-state index contributed by atoms with van der Waals surface area (Å²) in [5.74, 6) is -0.0760. The van der Waals surface area contributed by atoms with Crippen molar-refractivity contribution in [3.05, 3.63) is 29.8 Å². The average molecular weight is 261 g/mol. The highest BCUT2D eigenvalue weighted by molar-refractivity contribution is 5.92. The fraction of sp³-hybridized carbons (Fsp3) is 0.562. The third kappa shape index (κ3) is 3.80. The van der Waals surface area contributed by atoms with E-state index < -0.39 is 5.60 Å². The highest BCUT2D eigenvalue weighted by Gasteiger charge is 2.33. The Bertz CT molecular complexity index is 436. The quantitative estimate of drug-likeness (QED) is 0.854. The van der Waals surface area contributed by atoms with Gasteiger partial charge in [0.05, 0.1) is 12.0 Å². The molecule has 104 valence electrons. The van der Waals surface area contributed by atoms with E-state index in [-0.39, 0.29) is 12.3 Å². The maximum atomic E-state index is 12.1. The van der Waals surface area contributed by atoms with Crippen LogP contribution in [0.25, 0.3) is 0 Å². The summed E-state index contributed by atoms with van der Waals surface area (Å²) in [6.07, 6.45) is 5.77. The molecule has 2 rings (SSSR count). The number of carbonyl (C=O) groups is 1. The van der Waals surface area contributed by atoms with Crippen LogP contribution in [0.3, 0.4) is 0 Å². The Labute approximate surface area is 115 Å². The summed E-state index contributed by atoms with van der Waals surface area (Å²) >= 11 is 0. The maximum Gasteiger partial charge on any atom is 0.227 e. The number of hydrogen-bond acceptors (Lipinski definition) is 2. The lowest BCUT2D eigenvalue weighted by Gasteiger charge is -2.21. The number of amides is 1. The molecule has 1 aliphatic carbocycles. The Hall–Kier alpha value is -1.35. The molecule has 1 aromatic carbocycles. The number of nitrogens with one attached hydrogen (secondary N) is 1. The lowest BCUT2D eigenvalue weighted by Crippen LogP contribution is -2.30. The van der Waals surface area contributed by atoms with Crippen molar-refractivity contribution in [3.8, 4) is 0 Å². The number of para-hydroxylation sites is 1. The van der Waals surface area contributed by atoms with Gasteiger partial charge in [0.2, 0.25) is 5.91 Å². The largest absolute Gasteiger partial charge is 0.389 e. The third-order valence-corrected chi connectivity index (χ3v) is 3.83. The van der Waals surface area contributed by atoms with Crippen molar-refractivity contribution >= 4 is 11.6 Å². The fourth-order valence-corrected chi connectivity index (χ4v) is 2.83. The molecule has 3 heteroatoms. The molecule has 1 amide bonds. The van der Waals surface area contributed by atoms with Gasteiger partial charge in [0.1, 0.15) is 0 Å². The SMILES string of the molecule is CCCc1ccccc1NC(=O)CC1(O)CCCC1. The van der Waals surface area contributed by atoms with Crippen molar-refractivity contribution in [2.75, 3.05) is 5.32 Å². The molecule has 0 heterocycles. The molecule has 1 fully saturated rings. The van der Waals surface area contributed by atoms with E-state index in [1.807, 2.05) is 24.3 Å².